The fourth-order valence-electron chi connectivity index (χ4n) is 4.23. The molecule has 2 amide bonds. The molecular formula is C21H25FN6O5. The summed E-state index contributed by atoms with van der Waals surface area (Å²) in [4.78, 5) is 24.7. The van der Waals surface area contributed by atoms with Gasteiger partial charge in [0.25, 0.3) is 5.91 Å². The van der Waals surface area contributed by atoms with Crippen molar-refractivity contribution < 1.29 is 28.2 Å². The standard InChI is InChI=1S/C21H25FN6O5/c1-28-15(5-18(27-28)32-8-10-2-13(10)22)19(29)23-17-4-14(25-26-17)16-3-12(9-31-16)33-20(30)24-21-6-11(21)7-21/h4-5,10-13,16H,2-3,6-9H2,1H3,(H,24,30)(H2,23,25,26,29). The van der Waals surface area contributed by atoms with E-state index in [1.54, 1.807) is 13.1 Å². The molecule has 4 atom stereocenters. The van der Waals surface area contributed by atoms with E-state index in [9.17, 15) is 14.0 Å². The highest BCUT2D eigenvalue weighted by atomic mass is 19.1. The number of H-pyrrole nitrogens is 1. The molecule has 3 saturated carbocycles. The molecule has 3 N–H and O–H groups in total. The van der Waals surface area contributed by atoms with Crippen LogP contribution in [-0.2, 0) is 16.5 Å². The number of hydrogen-bond donors (Lipinski definition) is 3. The van der Waals surface area contributed by atoms with Crippen LogP contribution >= 0.6 is 0 Å². The van der Waals surface area contributed by atoms with Gasteiger partial charge >= 0.3 is 6.09 Å². The number of aromatic amines is 1. The van der Waals surface area contributed by atoms with Crippen LogP contribution < -0.4 is 15.4 Å². The summed E-state index contributed by atoms with van der Waals surface area (Å²) in [5, 5.41) is 16.8. The lowest BCUT2D eigenvalue weighted by atomic mass is 10.1. The van der Waals surface area contributed by atoms with E-state index in [4.69, 9.17) is 14.2 Å². The highest BCUT2D eigenvalue weighted by molar-refractivity contribution is 6.02. The number of carbonyl (C=O) groups excluding carboxylic acids is 2. The first-order chi connectivity index (χ1) is 15.9. The van der Waals surface area contributed by atoms with E-state index in [-0.39, 0.29) is 47.9 Å². The molecule has 6 rings (SSSR count). The number of anilines is 1. The lowest BCUT2D eigenvalue weighted by Gasteiger charge is -2.12. The molecule has 1 aliphatic heterocycles. The van der Waals surface area contributed by atoms with Crippen molar-refractivity contribution in [2.45, 2.75) is 49.6 Å². The Kier molecular flexibility index (Phi) is 4.61. The largest absolute Gasteiger partial charge is 0.476 e. The minimum absolute atomic E-state index is 0.0296. The number of ether oxygens (including phenoxy) is 3. The fourth-order valence-corrected chi connectivity index (χ4v) is 4.23. The first-order valence-electron chi connectivity index (χ1n) is 11.2. The summed E-state index contributed by atoms with van der Waals surface area (Å²) in [6, 6.07) is 3.20. The lowest BCUT2D eigenvalue weighted by molar-refractivity contribution is 0.0681. The SMILES string of the molecule is Cn1nc(OCC2CC2F)cc1C(=O)Nc1cc(C2CC(OC(=O)NC34CC3C4)CO2)[nH]n1. The maximum absolute atomic E-state index is 13.0. The predicted octanol–water partition coefficient (Wildman–Crippen LogP) is 1.85. The van der Waals surface area contributed by atoms with Crippen molar-refractivity contribution >= 4 is 17.8 Å². The Bertz CT molecular complexity index is 1090. The Balaban J connectivity index is 1.00. The molecule has 4 unspecified atom stereocenters. The van der Waals surface area contributed by atoms with Gasteiger partial charge in [0, 0.05) is 37.1 Å². The van der Waals surface area contributed by atoms with E-state index in [1.165, 1.54) is 10.7 Å². The average Bonchev–Trinajstić information content (AvgIpc) is 3.58. The van der Waals surface area contributed by atoms with Gasteiger partial charge in [0.1, 0.15) is 24.1 Å². The fraction of sp³-hybridized carbons (Fsp3) is 0.619. The zero-order valence-corrected chi connectivity index (χ0v) is 18.0. The molecule has 0 radical (unpaired) electrons. The van der Waals surface area contributed by atoms with Gasteiger partial charge in [0.15, 0.2) is 5.82 Å². The number of halogens is 1. The van der Waals surface area contributed by atoms with Gasteiger partial charge in [-0.1, -0.05) is 0 Å². The number of rotatable bonds is 8. The summed E-state index contributed by atoms with van der Waals surface area (Å²) >= 11 is 0. The van der Waals surface area contributed by atoms with Crippen LogP contribution in [0, 0.1) is 11.8 Å². The van der Waals surface area contributed by atoms with Crippen molar-refractivity contribution in [3.63, 3.8) is 0 Å². The van der Waals surface area contributed by atoms with Crippen molar-refractivity contribution in [2.24, 2.45) is 18.9 Å². The van der Waals surface area contributed by atoms with Crippen molar-refractivity contribution in [2.75, 3.05) is 18.5 Å². The molecule has 11 nitrogen and oxygen atoms in total. The Hall–Kier alpha value is -3.15. The lowest BCUT2D eigenvalue weighted by Crippen LogP contribution is -2.34. The van der Waals surface area contributed by atoms with Crippen LogP contribution in [0.2, 0.25) is 0 Å². The third kappa shape index (κ3) is 4.14. The molecule has 33 heavy (non-hydrogen) atoms. The van der Waals surface area contributed by atoms with Gasteiger partial charge in [0.05, 0.1) is 18.9 Å². The zero-order valence-electron chi connectivity index (χ0n) is 18.0. The number of nitrogens with zero attached hydrogens (tertiary/aromatic N) is 3. The number of aryl methyl sites for hydroxylation is 1. The van der Waals surface area contributed by atoms with Crippen molar-refractivity contribution in [1.29, 1.82) is 0 Å². The topological polar surface area (TPSA) is 132 Å². The number of hydrogen-bond acceptors (Lipinski definition) is 7. The second kappa shape index (κ2) is 7.44. The molecule has 4 fully saturated rings. The molecule has 3 aliphatic carbocycles. The molecule has 3 heterocycles. The average molecular weight is 460 g/mol. The number of amides is 2. The van der Waals surface area contributed by atoms with Gasteiger partial charge in [-0.05, 0) is 25.2 Å². The van der Waals surface area contributed by atoms with Crippen LogP contribution in [-0.4, -0.2) is 63.0 Å². The van der Waals surface area contributed by atoms with E-state index in [0.717, 1.165) is 12.8 Å². The maximum atomic E-state index is 13.0. The monoisotopic (exact) mass is 460 g/mol. The molecule has 0 spiro atoms. The third-order valence-electron chi connectivity index (χ3n) is 6.83. The van der Waals surface area contributed by atoms with Crippen molar-refractivity contribution in [3.8, 4) is 5.88 Å². The summed E-state index contributed by atoms with van der Waals surface area (Å²) in [6.07, 6.45) is 1.29. The van der Waals surface area contributed by atoms with Crippen LogP contribution in [0.3, 0.4) is 0 Å². The number of fused-ring (bicyclic) bond motifs is 1. The molecule has 0 aromatic carbocycles. The number of nitrogens with one attached hydrogen (secondary N) is 3. The van der Waals surface area contributed by atoms with E-state index in [2.05, 4.69) is 25.9 Å². The smallest absolute Gasteiger partial charge is 0.407 e. The number of aromatic nitrogens is 4. The molecule has 1 saturated heterocycles. The Morgan fingerprint density at radius 2 is 2.15 bits per heavy atom. The Morgan fingerprint density at radius 3 is 2.88 bits per heavy atom. The van der Waals surface area contributed by atoms with Gasteiger partial charge in [-0.3, -0.25) is 14.6 Å². The van der Waals surface area contributed by atoms with Gasteiger partial charge < -0.3 is 24.8 Å². The highest BCUT2D eigenvalue weighted by Crippen LogP contribution is 2.66. The second-order valence-electron chi connectivity index (χ2n) is 9.45. The number of alkyl halides is 1. The summed E-state index contributed by atoms with van der Waals surface area (Å²) in [6.45, 7) is 0.550. The van der Waals surface area contributed by atoms with Crippen LogP contribution in [0.1, 0.15) is 48.0 Å². The first-order valence-corrected chi connectivity index (χ1v) is 11.2. The van der Waals surface area contributed by atoms with Crippen LogP contribution in [0.5, 0.6) is 5.88 Å². The first kappa shape index (κ1) is 20.5. The Labute approximate surface area is 188 Å². The molecule has 2 aromatic heterocycles. The van der Waals surface area contributed by atoms with E-state index >= 15 is 0 Å². The third-order valence-corrected chi connectivity index (χ3v) is 6.83. The quantitative estimate of drug-likeness (QED) is 0.548. The van der Waals surface area contributed by atoms with Crippen molar-refractivity contribution in [1.82, 2.24) is 25.3 Å². The van der Waals surface area contributed by atoms with Gasteiger partial charge in [-0.2, -0.15) is 5.10 Å². The molecular weight excluding hydrogens is 435 g/mol. The van der Waals surface area contributed by atoms with Crippen LogP contribution in [0.25, 0.3) is 0 Å². The van der Waals surface area contributed by atoms with Gasteiger partial charge in [0.2, 0.25) is 5.88 Å². The van der Waals surface area contributed by atoms with Gasteiger partial charge in [-0.25, -0.2) is 9.18 Å². The van der Waals surface area contributed by atoms with Crippen LogP contribution in [0.15, 0.2) is 12.1 Å². The van der Waals surface area contributed by atoms with E-state index in [0.29, 0.717) is 36.9 Å². The molecule has 2 aromatic rings. The summed E-state index contributed by atoms with van der Waals surface area (Å²) in [5.74, 6) is 0.754. The minimum Gasteiger partial charge on any atom is -0.476 e. The molecule has 4 aliphatic rings. The predicted molar refractivity (Wildman–Crippen MR) is 110 cm³/mol. The summed E-state index contributed by atoms with van der Waals surface area (Å²) in [5.41, 5.74) is 0.993. The second-order valence-corrected chi connectivity index (χ2v) is 9.45. The maximum Gasteiger partial charge on any atom is 0.407 e. The van der Waals surface area contributed by atoms with Gasteiger partial charge in [-0.15, -0.1) is 5.10 Å². The highest BCUT2D eigenvalue weighted by Gasteiger charge is 2.71. The van der Waals surface area contributed by atoms with Crippen LogP contribution in [0.4, 0.5) is 15.0 Å². The summed E-state index contributed by atoms with van der Waals surface area (Å²) in [7, 11) is 1.63. The zero-order chi connectivity index (χ0) is 22.7. The number of carbonyl (C=O) groups is 2. The normalized spacial score (nSPS) is 33.2. The Morgan fingerprint density at radius 1 is 1.36 bits per heavy atom. The van der Waals surface area contributed by atoms with E-state index in [1.807, 2.05) is 0 Å². The van der Waals surface area contributed by atoms with Crippen molar-refractivity contribution in [3.05, 3.63) is 23.5 Å². The number of alkyl carbamates (subject to hydrolysis) is 1. The van der Waals surface area contributed by atoms with E-state index < -0.39 is 12.1 Å². The molecule has 0 bridgehead atoms. The molecule has 12 heteroatoms. The summed E-state index contributed by atoms with van der Waals surface area (Å²) < 4.78 is 31.1. The molecule has 176 valence electrons. The minimum atomic E-state index is -0.804.